The Hall–Kier alpha value is -7.85. The molecule has 4 aliphatic rings. The molecule has 1 N–H and O–H groups in total. The van der Waals surface area contributed by atoms with Crippen LogP contribution in [0.4, 0.5) is 17.1 Å². The first-order valence-corrected chi connectivity index (χ1v) is 28.9. The maximum Gasteiger partial charge on any atom is 0.264 e. The normalized spacial score (nSPS) is 21.1. The molecule has 0 radical (unpaired) electrons. The fourth-order valence-electron chi connectivity index (χ4n) is 11.9. The second-order valence-corrected chi connectivity index (χ2v) is 25.2. The fourth-order valence-corrected chi connectivity index (χ4v) is 16.0. The third kappa shape index (κ3) is 9.18. The van der Waals surface area contributed by atoms with E-state index in [0.29, 0.717) is 60.5 Å². The van der Waals surface area contributed by atoms with Crippen LogP contribution in [0.3, 0.4) is 0 Å². The molecule has 0 aliphatic carbocycles. The number of anilines is 3. The molecular formula is C60H60N8O6Si. The Morgan fingerprint density at radius 1 is 0.733 bits per heavy atom. The van der Waals surface area contributed by atoms with Gasteiger partial charge in [-0.25, -0.2) is 10.0 Å². The molecule has 15 heteroatoms. The first-order valence-electron chi connectivity index (χ1n) is 25.8. The van der Waals surface area contributed by atoms with Gasteiger partial charge < -0.3 is 19.5 Å². The monoisotopic (exact) mass is 1020 g/mol. The molecule has 7 aromatic rings. The molecule has 11 rings (SSSR count). The minimum absolute atomic E-state index is 0.103. The molecule has 75 heavy (non-hydrogen) atoms. The second-order valence-electron chi connectivity index (χ2n) is 20.5. The van der Waals surface area contributed by atoms with E-state index in [1.54, 1.807) is 7.11 Å². The SMILES string of the molecule is COc1ccc([Si](C)(C)[C@H]2[C@H](CCn3cc(C(CO)c4ccccc4)nn3)O[C@@]3(C(=O)N(Cc4cccc(N5N=C(c6ccccc6)CCC5=O)c4)c4ccc(N5N=C(c6ccccc6)CCC5=O)cc43)[C@@H]2C)cc1. The molecule has 5 heterocycles. The van der Waals surface area contributed by atoms with E-state index in [0.717, 1.165) is 39.4 Å². The van der Waals surface area contributed by atoms with Crippen LogP contribution in [0.5, 0.6) is 5.75 Å². The van der Waals surface area contributed by atoms with Crippen LogP contribution in [0.25, 0.3) is 0 Å². The van der Waals surface area contributed by atoms with Crippen molar-refractivity contribution in [3.63, 3.8) is 0 Å². The summed E-state index contributed by atoms with van der Waals surface area (Å²) in [4.78, 5) is 45.4. The van der Waals surface area contributed by atoms with Gasteiger partial charge in [0.1, 0.15) is 5.75 Å². The van der Waals surface area contributed by atoms with E-state index >= 15 is 4.79 Å². The van der Waals surface area contributed by atoms with Crippen molar-refractivity contribution in [2.45, 2.75) is 88.4 Å². The molecule has 14 nitrogen and oxygen atoms in total. The van der Waals surface area contributed by atoms with E-state index in [9.17, 15) is 14.7 Å². The molecule has 380 valence electrons. The number of carbonyl (C=O) groups excluding carboxylic acids is 3. The van der Waals surface area contributed by atoms with Crippen molar-refractivity contribution in [2.75, 3.05) is 28.6 Å². The van der Waals surface area contributed by atoms with Gasteiger partial charge in [-0.15, -0.1) is 5.10 Å². The maximum atomic E-state index is 16.1. The molecule has 4 aliphatic heterocycles. The molecule has 0 bridgehead atoms. The van der Waals surface area contributed by atoms with Gasteiger partial charge in [-0.05, 0) is 76.7 Å². The zero-order chi connectivity index (χ0) is 51.8. The average molecular weight is 1020 g/mol. The number of benzene rings is 6. The van der Waals surface area contributed by atoms with E-state index in [4.69, 9.17) is 19.7 Å². The van der Waals surface area contributed by atoms with E-state index < -0.39 is 19.8 Å². The van der Waals surface area contributed by atoms with Crippen LogP contribution < -0.4 is 24.8 Å². The Labute approximate surface area is 437 Å². The van der Waals surface area contributed by atoms with Crippen molar-refractivity contribution in [3.8, 4) is 5.75 Å². The summed E-state index contributed by atoms with van der Waals surface area (Å²) in [6.07, 6.45) is 3.63. The van der Waals surface area contributed by atoms with Crippen molar-refractivity contribution in [3.05, 3.63) is 197 Å². The lowest BCUT2D eigenvalue weighted by Crippen LogP contribution is -2.51. The summed E-state index contributed by atoms with van der Waals surface area (Å²) in [5.74, 6) is -0.381. The number of hydrogen-bond acceptors (Lipinski definition) is 10. The quantitative estimate of drug-likeness (QED) is 0.0998. The summed E-state index contributed by atoms with van der Waals surface area (Å²) in [7, 11) is -0.920. The third-order valence-electron chi connectivity index (χ3n) is 15.8. The third-order valence-corrected chi connectivity index (χ3v) is 20.1. The van der Waals surface area contributed by atoms with E-state index in [1.165, 1.54) is 15.2 Å². The molecule has 1 spiro atoms. The standard InChI is InChI=1S/C60H60N8O6Si/c1-40-58(75(3,4)48-26-24-47(73-2)25-27-48)55(33-34-65-38-53(61-64-65)49(39-69)42-16-8-5-9-17-42)74-60(40)50-36-46(68-57(71)32-29-52(63-68)44-20-12-7-13-21-44)23-30-54(50)66(59(60)72)37-41-15-14-22-45(35-41)67-56(70)31-28-51(62-67)43-18-10-6-11-19-43/h5-27,30,35-36,38,40,49,55,58,69H,28-29,31-34,37,39H2,1-4H3/t40-,49?,55+,58-,60+/m1/s1. The highest BCUT2D eigenvalue weighted by Gasteiger charge is 2.66. The molecule has 1 unspecified atom stereocenters. The summed E-state index contributed by atoms with van der Waals surface area (Å²) >= 11 is 0. The number of nitrogens with zero attached hydrogens (tertiary/aromatic N) is 8. The van der Waals surface area contributed by atoms with Gasteiger partial charge in [0.25, 0.3) is 5.91 Å². The van der Waals surface area contributed by atoms with Gasteiger partial charge in [0.2, 0.25) is 11.8 Å². The average Bonchev–Trinajstić information content (AvgIpc) is 4.11. The molecule has 1 saturated heterocycles. The number of fused-ring (bicyclic) bond motifs is 2. The number of rotatable bonds is 15. The van der Waals surface area contributed by atoms with Crippen LogP contribution in [0.1, 0.15) is 78.5 Å². The van der Waals surface area contributed by atoms with Crippen molar-refractivity contribution in [2.24, 2.45) is 16.1 Å². The number of amides is 3. The van der Waals surface area contributed by atoms with Crippen LogP contribution in [0.15, 0.2) is 174 Å². The number of hydrogen-bond donors (Lipinski definition) is 1. The highest BCUT2D eigenvalue weighted by atomic mass is 28.3. The summed E-state index contributed by atoms with van der Waals surface area (Å²) in [6, 6.07) is 51.3. The van der Waals surface area contributed by atoms with Crippen molar-refractivity contribution < 1.29 is 29.0 Å². The van der Waals surface area contributed by atoms with Crippen LogP contribution in [0.2, 0.25) is 18.6 Å². The van der Waals surface area contributed by atoms with Gasteiger partial charge in [0.15, 0.2) is 5.60 Å². The topological polar surface area (TPSA) is 155 Å². The predicted molar refractivity (Wildman–Crippen MR) is 293 cm³/mol. The van der Waals surface area contributed by atoms with E-state index in [2.05, 4.69) is 42.5 Å². The summed E-state index contributed by atoms with van der Waals surface area (Å²) in [5.41, 5.74) is 6.90. The van der Waals surface area contributed by atoms with Crippen LogP contribution >= 0.6 is 0 Å². The van der Waals surface area contributed by atoms with Gasteiger partial charge in [0.05, 0.1) is 74.5 Å². The summed E-state index contributed by atoms with van der Waals surface area (Å²) in [6.45, 7) is 7.36. The molecule has 1 aromatic heterocycles. The number of hydrazone groups is 2. The van der Waals surface area contributed by atoms with Gasteiger partial charge >= 0.3 is 0 Å². The first-order chi connectivity index (χ1) is 36.5. The van der Waals surface area contributed by atoms with Crippen LogP contribution in [-0.2, 0) is 37.8 Å². The minimum Gasteiger partial charge on any atom is -0.497 e. The minimum atomic E-state index is -2.58. The lowest BCUT2D eigenvalue weighted by atomic mass is 9.82. The Morgan fingerprint density at radius 3 is 1.96 bits per heavy atom. The highest BCUT2D eigenvalue weighted by Crippen LogP contribution is 2.61. The molecule has 6 aromatic carbocycles. The number of aliphatic hydroxyl groups is 1. The summed E-state index contributed by atoms with van der Waals surface area (Å²) in [5, 5.41) is 33.6. The zero-order valence-corrected chi connectivity index (χ0v) is 43.6. The van der Waals surface area contributed by atoms with E-state index in [1.807, 2.05) is 161 Å². The number of methoxy groups -OCH3 is 1. The fraction of sp³-hybridized carbons (Fsp3) is 0.283. The Balaban J connectivity index is 0.997. The lowest BCUT2D eigenvalue weighted by molar-refractivity contribution is -0.146. The summed E-state index contributed by atoms with van der Waals surface area (Å²) < 4.78 is 15.0. The number of aliphatic hydroxyl groups excluding tert-OH is 1. The zero-order valence-electron chi connectivity index (χ0n) is 42.6. The second kappa shape index (κ2) is 20.5. The van der Waals surface area contributed by atoms with Gasteiger partial charge in [-0.1, -0.05) is 146 Å². The highest BCUT2D eigenvalue weighted by molar-refractivity contribution is 6.91. The Kier molecular flexibility index (Phi) is 13.5. The molecule has 5 atom stereocenters. The van der Waals surface area contributed by atoms with Crippen molar-refractivity contribution >= 4 is 59.5 Å². The number of aryl methyl sites for hydroxylation is 1. The molecule has 1 fully saturated rings. The molecular weight excluding hydrogens is 957 g/mol. The van der Waals surface area contributed by atoms with Crippen LogP contribution in [0, 0.1) is 5.92 Å². The van der Waals surface area contributed by atoms with Gasteiger partial charge in [-0.3, -0.25) is 19.1 Å². The molecule has 0 saturated carbocycles. The largest absolute Gasteiger partial charge is 0.497 e. The lowest BCUT2D eigenvalue weighted by Gasteiger charge is -2.37. The van der Waals surface area contributed by atoms with Gasteiger partial charge in [0, 0.05) is 49.9 Å². The first kappa shape index (κ1) is 49.4. The number of ether oxygens (including phenoxy) is 2. The number of carbonyl (C=O) groups is 3. The Bertz CT molecular complexity index is 3310. The number of aromatic nitrogens is 3. The Morgan fingerprint density at radius 2 is 1.35 bits per heavy atom. The predicted octanol–water partition coefficient (Wildman–Crippen LogP) is 9.33. The van der Waals surface area contributed by atoms with Crippen molar-refractivity contribution in [1.82, 2.24) is 15.0 Å². The smallest absolute Gasteiger partial charge is 0.264 e. The van der Waals surface area contributed by atoms with Crippen LogP contribution in [-0.4, -0.2) is 77.1 Å². The maximum absolute atomic E-state index is 16.1. The van der Waals surface area contributed by atoms with E-state index in [-0.39, 0.29) is 54.7 Å². The van der Waals surface area contributed by atoms with Crippen molar-refractivity contribution in [1.29, 1.82) is 0 Å². The van der Waals surface area contributed by atoms with Gasteiger partial charge in [-0.2, -0.15) is 10.2 Å². The molecule has 3 amide bonds.